The fraction of sp³-hybridized carbons (Fsp3) is 0.353. The van der Waals surface area contributed by atoms with Crippen molar-refractivity contribution >= 4 is 33.3 Å². The molecule has 0 radical (unpaired) electrons. The number of amides is 1. The minimum absolute atomic E-state index is 0.114. The van der Waals surface area contributed by atoms with Gasteiger partial charge in [0.25, 0.3) is 10.0 Å². The van der Waals surface area contributed by atoms with Gasteiger partial charge < -0.3 is 9.80 Å². The second-order valence-electron chi connectivity index (χ2n) is 6.66. The number of aromatic nitrogens is 2. The smallest absolute Gasteiger partial charge is 0.262 e. The van der Waals surface area contributed by atoms with Crippen LogP contribution in [0.2, 0.25) is 0 Å². The molecule has 1 N–H and O–H groups in total. The van der Waals surface area contributed by atoms with Gasteiger partial charge in [0.1, 0.15) is 0 Å². The third-order valence-corrected chi connectivity index (χ3v) is 5.99. The Kier molecular flexibility index (Phi) is 3.83. The highest BCUT2D eigenvalue weighted by Crippen LogP contribution is 2.38. The first-order valence-electron chi connectivity index (χ1n) is 8.33. The lowest BCUT2D eigenvalue weighted by atomic mass is 10.00. The van der Waals surface area contributed by atoms with E-state index in [9.17, 15) is 13.2 Å². The molecule has 1 aromatic carbocycles. The molecule has 4 rings (SSSR count). The molecule has 0 unspecified atom stereocenters. The standard InChI is InChI=1S/C17H19N5O3S/c1-21(2)17-18-9-13(10-19-17)20-26(24,25)14-7-11-3-4-15(23)22-6-5-12(8-14)16(11)22/h7-10,20H,3-6H2,1-2H3. The molecule has 0 fully saturated rings. The van der Waals surface area contributed by atoms with E-state index in [1.54, 1.807) is 21.9 Å². The monoisotopic (exact) mass is 373 g/mol. The molecule has 1 amide bonds. The zero-order valence-corrected chi connectivity index (χ0v) is 15.4. The van der Waals surface area contributed by atoms with Crippen molar-refractivity contribution in [2.45, 2.75) is 24.2 Å². The molecule has 2 aliphatic rings. The van der Waals surface area contributed by atoms with Gasteiger partial charge in [-0.3, -0.25) is 9.52 Å². The van der Waals surface area contributed by atoms with Crippen LogP contribution in [-0.2, 0) is 27.7 Å². The maximum absolute atomic E-state index is 12.8. The lowest BCUT2D eigenvalue weighted by Gasteiger charge is -2.25. The molecule has 136 valence electrons. The van der Waals surface area contributed by atoms with E-state index in [0.29, 0.717) is 37.4 Å². The van der Waals surface area contributed by atoms with Crippen LogP contribution in [0, 0.1) is 0 Å². The molecule has 2 aliphatic heterocycles. The first-order chi connectivity index (χ1) is 12.3. The molecule has 0 bridgehead atoms. The molecule has 3 heterocycles. The summed E-state index contributed by atoms with van der Waals surface area (Å²) in [5.41, 5.74) is 3.04. The minimum atomic E-state index is -3.75. The summed E-state index contributed by atoms with van der Waals surface area (Å²) in [7, 11) is -0.137. The number of nitrogens with one attached hydrogen (secondary N) is 1. The molecule has 9 heteroatoms. The molecule has 1 aromatic heterocycles. The van der Waals surface area contributed by atoms with Crippen molar-refractivity contribution in [3.8, 4) is 0 Å². The van der Waals surface area contributed by atoms with Gasteiger partial charge in [-0.05, 0) is 36.1 Å². The number of aryl methyl sites for hydroxylation is 1. The Morgan fingerprint density at radius 3 is 2.38 bits per heavy atom. The van der Waals surface area contributed by atoms with Gasteiger partial charge in [-0.25, -0.2) is 18.4 Å². The van der Waals surface area contributed by atoms with Crippen LogP contribution in [0.1, 0.15) is 17.5 Å². The van der Waals surface area contributed by atoms with Gasteiger partial charge in [0.15, 0.2) is 0 Å². The summed E-state index contributed by atoms with van der Waals surface area (Å²) in [6, 6.07) is 3.33. The Bertz CT molecular complexity index is 986. The fourth-order valence-electron chi connectivity index (χ4n) is 3.40. The molecular formula is C17H19N5O3S. The fourth-order valence-corrected chi connectivity index (χ4v) is 4.53. The lowest BCUT2D eigenvalue weighted by molar-refractivity contribution is -0.118. The van der Waals surface area contributed by atoms with Crippen LogP contribution in [0.25, 0.3) is 0 Å². The Morgan fingerprint density at radius 2 is 1.73 bits per heavy atom. The topological polar surface area (TPSA) is 95.5 Å². The van der Waals surface area contributed by atoms with Gasteiger partial charge in [-0.1, -0.05) is 0 Å². The minimum Gasteiger partial charge on any atom is -0.347 e. The number of nitrogens with zero attached hydrogens (tertiary/aromatic N) is 4. The van der Waals surface area contributed by atoms with E-state index in [0.717, 1.165) is 16.8 Å². The number of sulfonamides is 1. The second kappa shape index (κ2) is 5.94. The molecule has 0 saturated carbocycles. The SMILES string of the molecule is CN(C)c1ncc(NS(=O)(=O)c2cc3c4c(c2)CCN4C(=O)CC3)cn1. The first-order valence-corrected chi connectivity index (χ1v) is 9.82. The van der Waals surface area contributed by atoms with Crippen LogP contribution >= 0.6 is 0 Å². The zero-order valence-electron chi connectivity index (χ0n) is 14.6. The van der Waals surface area contributed by atoms with Gasteiger partial charge >= 0.3 is 0 Å². The maximum atomic E-state index is 12.8. The van der Waals surface area contributed by atoms with Crippen molar-refractivity contribution < 1.29 is 13.2 Å². The third kappa shape index (κ3) is 2.78. The summed E-state index contributed by atoms with van der Waals surface area (Å²) in [6.07, 6.45) is 4.55. The summed E-state index contributed by atoms with van der Waals surface area (Å²) in [5, 5.41) is 0. The molecular weight excluding hydrogens is 354 g/mol. The predicted octanol–water partition coefficient (Wildman–Crippen LogP) is 1.18. The van der Waals surface area contributed by atoms with Crippen molar-refractivity contribution in [3.05, 3.63) is 35.7 Å². The molecule has 0 aliphatic carbocycles. The average molecular weight is 373 g/mol. The second-order valence-corrected chi connectivity index (χ2v) is 8.34. The van der Waals surface area contributed by atoms with Gasteiger partial charge in [-0.2, -0.15) is 0 Å². The van der Waals surface area contributed by atoms with Crippen molar-refractivity contribution in [2.75, 3.05) is 35.2 Å². The summed E-state index contributed by atoms with van der Waals surface area (Å²) in [4.78, 5) is 23.9. The first kappa shape index (κ1) is 16.8. The lowest BCUT2D eigenvalue weighted by Crippen LogP contribution is -2.33. The molecule has 26 heavy (non-hydrogen) atoms. The molecule has 0 spiro atoms. The highest BCUT2D eigenvalue weighted by Gasteiger charge is 2.32. The van der Waals surface area contributed by atoms with Gasteiger partial charge in [0, 0.05) is 27.1 Å². The number of rotatable bonds is 4. The van der Waals surface area contributed by atoms with Gasteiger partial charge in [-0.15, -0.1) is 0 Å². The van der Waals surface area contributed by atoms with Crippen molar-refractivity contribution in [1.29, 1.82) is 0 Å². The van der Waals surface area contributed by atoms with E-state index in [2.05, 4.69) is 14.7 Å². The van der Waals surface area contributed by atoms with Crippen molar-refractivity contribution in [1.82, 2.24) is 9.97 Å². The summed E-state index contributed by atoms with van der Waals surface area (Å²) in [6.45, 7) is 0.623. The summed E-state index contributed by atoms with van der Waals surface area (Å²) >= 11 is 0. The highest BCUT2D eigenvalue weighted by molar-refractivity contribution is 7.92. The maximum Gasteiger partial charge on any atom is 0.262 e. The van der Waals surface area contributed by atoms with Gasteiger partial charge in [0.2, 0.25) is 11.9 Å². The van der Waals surface area contributed by atoms with E-state index in [1.807, 2.05) is 14.1 Å². The Morgan fingerprint density at radius 1 is 1.08 bits per heavy atom. The van der Waals surface area contributed by atoms with E-state index in [-0.39, 0.29) is 10.8 Å². The van der Waals surface area contributed by atoms with Crippen LogP contribution in [0.15, 0.2) is 29.4 Å². The van der Waals surface area contributed by atoms with Crippen LogP contribution in [0.5, 0.6) is 0 Å². The third-order valence-electron chi connectivity index (χ3n) is 4.63. The number of carbonyl (C=O) groups excluding carboxylic acids is 1. The Labute approximate surface area is 151 Å². The quantitative estimate of drug-likeness (QED) is 0.865. The van der Waals surface area contributed by atoms with Gasteiger partial charge in [0.05, 0.1) is 28.7 Å². The van der Waals surface area contributed by atoms with Crippen LogP contribution in [-0.4, -0.2) is 44.9 Å². The van der Waals surface area contributed by atoms with E-state index in [1.165, 1.54) is 12.4 Å². The zero-order chi connectivity index (χ0) is 18.5. The van der Waals surface area contributed by atoms with E-state index < -0.39 is 10.0 Å². The summed E-state index contributed by atoms with van der Waals surface area (Å²) in [5.74, 6) is 0.614. The van der Waals surface area contributed by atoms with Crippen molar-refractivity contribution in [3.63, 3.8) is 0 Å². The van der Waals surface area contributed by atoms with Crippen molar-refractivity contribution in [2.24, 2.45) is 0 Å². The predicted molar refractivity (Wildman–Crippen MR) is 98.0 cm³/mol. The Hall–Kier alpha value is -2.68. The number of benzene rings is 1. The normalized spacial score (nSPS) is 15.8. The number of carbonyl (C=O) groups is 1. The Balaban J connectivity index is 1.66. The van der Waals surface area contributed by atoms with Crippen LogP contribution in [0.4, 0.5) is 17.3 Å². The van der Waals surface area contributed by atoms with E-state index >= 15 is 0 Å². The molecule has 2 aromatic rings. The molecule has 8 nitrogen and oxygen atoms in total. The highest BCUT2D eigenvalue weighted by atomic mass is 32.2. The van der Waals surface area contributed by atoms with E-state index in [4.69, 9.17) is 0 Å². The van der Waals surface area contributed by atoms with Crippen LogP contribution in [0.3, 0.4) is 0 Å². The largest absolute Gasteiger partial charge is 0.347 e. The number of anilines is 3. The molecule has 0 saturated heterocycles. The average Bonchev–Trinajstić information content (AvgIpc) is 3.04. The number of hydrogen-bond acceptors (Lipinski definition) is 6. The number of hydrogen-bond donors (Lipinski definition) is 1. The van der Waals surface area contributed by atoms with Crippen LogP contribution < -0.4 is 14.5 Å². The molecule has 0 atom stereocenters. The summed E-state index contributed by atoms with van der Waals surface area (Å²) < 4.78 is 28.1.